The topological polar surface area (TPSA) is 67.6 Å². The third-order valence-electron chi connectivity index (χ3n) is 2.47. The van der Waals surface area contributed by atoms with E-state index in [-0.39, 0.29) is 11.7 Å². The molecule has 6 heteroatoms. The Morgan fingerprint density at radius 2 is 2.11 bits per heavy atom. The molecule has 0 aliphatic carbocycles. The van der Waals surface area contributed by atoms with Crippen molar-refractivity contribution in [3.05, 3.63) is 28.3 Å². The van der Waals surface area contributed by atoms with E-state index in [1.807, 2.05) is 27.9 Å². The average Bonchev–Trinajstić information content (AvgIpc) is 2.27. The molecule has 1 N–H and O–H groups in total. The minimum atomic E-state index is -0.412. The van der Waals surface area contributed by atoms with Gasteiger partial charge in [0.05, 0.1) is 17.6 Å². The lowest BCUT2D eigenvalue weighted by molar-refractivity contribution is -0.384. The van der Waals surface area contributed by atoms with Crippen LogP contribution in [0.15, 0.2) is 18.2 Å². The van der Waals surface area contributed by atoms with E-state index < -0.39 is 4.92 Å². The van der Waals surface area contributed by atoms with Crippen molar-refractivity contribution in [3.8, 4) is 5.75 Å². The van der Waals surface area contributed by atoms with Crippen molar-refractivity contribution in [3.63, 3.8) is 0 Å². The van der Waals surface area contributed by atoms with Crippen LogP contribution in [0.25, 0.3) is 0 Å². The van der Waals surface area contributed by atoms with Crippen molar-refractivity contribution in [1.29, 1.82) is 0 Å². The number of non-ortho nitro benzene ring substituents is 1. The van der Waals surface area contributed by atoms with Crippen LogP contribution in [0.5, 0.6) is 5.75 Å². The number of ether oxygens (including phenoxy) is 1. The molecule has 6 nitrogen and oxygen atoms in total. The highest BCUT2D eigenvalue weighted by Crippen LogP contribution is 2.26. The Morgan fingerprint density at radius 3 is 2.63 bits per heavy atom. The highest BCUT2D eigenvalue weighted by Gasteiger charge is 2.12. The lowest BCUT2D eigenvalue weighted by Crippen LogP contribution is -2.29. The first-order valence-corrected chi connectivity index (χ1v) is 6.26. The molecule has 1 aromatic carbocycles. The molecule has 1 rings (SSSR count). The van der Waals surface area contributed by atoms with E-state index in [0.29, 0.717) is 18.0 Å². The zero-order valence-corrected chi connectivity index (χ0v) is 11.8. The Hall–Kier alpha value is -1.82. The number of nitrogens with zero attached hydrogens (tertiary/aromatic N) is 2. The molecule has 0 aliphatic rings. The number of hydrogen-bond donors (Lipinski definition) is 1. The molecule has 19 heavy (non-hydrogen) atoms. The monoisotopic (exact) mass is 267 g/mol. The number of hydrogen-bond acceptors (Lipinski definition) is 5. The summed E-state index contributed by atoms with van der Waals surface area (Å²) >= 11 is 0. The molecule has 0 spiro atoms. The van der Waals surface area contributed by atoms with Gasteiger partial charge in [-0.15, -0.1) is 0 Å². The lowest BCUT2D eigenvalue weighted by Gasteiger charge is -2.19. The van der Waals surface area contributed by atoms with Crippen molar-refractivity contribution >= 4 is 11.4 Å². The minimum absolute atomic E-state index is 0.0329. The Balaban J connectivity index is 2.89. The fourth-order valence-electron chi connectivity index (χ4n) is 1.90. The average molecular weight is 267 g/mol. The van der Waals surface area contributed by atoms with E-state index in [1.165, 1.54) is 12.1 Å². The van der Waals surface area contributed by atoms with Gasteiger partial charge in [0, 0.05) is 30.4 Å². The van der Waals surface area contributed by atoms with Gasteiger partial charge in [-0.2, -0.15) is 0 Å². The van der Waals surface area contributed by atoms with E-state index in [2.05, 4.69) is 10.2 Å². The van der Waals surface area contributed by atoms with Crippen molar-refractivity contribution in [2.75, 3.05) is 32.6 Å². The van der Waals surface area contributed by atoms with Crippen LogP contribution in [0.4, 0.5) is 11.4 Å². The molecule has 1 unspecified atom stereocenters. The first-order chi connectivity index (χ1) is 8.92. The van der Waals surface area contributed by atoms with Crippen molar-refractivity contribution < 1.29 is 9.66 Å². The summed E-state index contributed by atoms with van der Waals surface area (Å²) in [6, 6.07) is 4.93. The second-order valence-electron chi connectivity index (χ2n) is 4.71. The molecule has 0 fully saturated rings. The fraction of sp³-hybridized carbons (Fsp3) is 0.538. The van der Waals surface area contributed by atoms with Crippen LogP contribution < -0.4 is 10.1 Å². The number of anilines is 1. The summed E-state index contributed by atoms with van der Waals surface area (Å²) in [4.78, 5) is 12.5. The molecule has 0 bridgehead atoms. The molecule has 0 amide bonds. The maximum Gasteiger partial charge on any atom is 0.275 e. The molecule has 1 atom stereocenters. The van der Waals surface area contributed by atoms with Gasteiger partial charge in [0.2, 0.25) is 0 Å². The molecule has 0 heterocycles. The Kier molecular flexibility index (Phi) is 5.57. The lowest BCUT2D eigenvalue weighted by atomic mass is 10.2. The number of nitrogens with one attached hydrogen (secondary N) is 1. The molecule has 106 valence electrons. The second kappa shape index (κ2) is 6.94. The molecule has 0 saturated heterocycles. The Bertz CT molecular complexity index is 435. The summed E-state index contributed by atoms with van der Waals surface area (Å²) in [5, 5.41) is 14.1. The van der Waals surface area contributed by atoms with Crippen LogP contribution in [-0.2, 0) is 0 Å². The number of nitro benzene ring substituents is 1. The van der Waals surface area contributed by atoms with Crippen LogP contribution in [0.2, 0.25) is 0 Å². The summed E-state index contributed by atoms with van der Waals surface area (Å²) in [6.07, 6.45) is 0. The van der Waals surface area contributed by atoms with Crippen LogP contribution in [0, 0.1) is 10.1 Å². The van der Waals surface area contributed by atoms with Crippen molar-refractivity contribution in [1.82, 2.24) is 4.90 Å². The van der Waals surface area contributed by atoms with Gasteiger partial charge in [0.25, 0.3) is 5.69 Å². The van der Waals surface area contributed by atoms with Gasteiger partial charge in [0.1, 0.15) is 5.75 Å². The third-order valence-corrected chi connectivity index (χ3v) is 2.47. The largest absolute Gasteiger partial charge is 0.494 e. The predicted molar refractivity (Wildman–Crippen MR) is 75.9 cm³/mol. The molecule has 0 aliphatic heterocycles. The quantitative estimate of drug-likeness (QED) is 0.606. The number of likely N-dealkylation sites (N-methyl/N-ethyl adjacent to an activating group) is 1. The summed E-state index contributed by atoms with van der Waals surface area (Å²) in [6.45, 7) is 5.19. The number of rotatable bonds is 7. The number of nitro groups is 1. The summed E-state index contributed by atoms with van der Waals surface area (Å²) in [7, 11) is 3.97. The van der Waals surface area contributed by atoms with Gasteiger partial charge in [0.15, 0.2) is 0 Å². The standard InChI is InChI=1S/C13H21N3O3/c1-5-19-13-7-11(6-12(8-13)16(17)18)14-10(2)9-15(3)4/h6-8,10,14H,5,9H2,1-4H3. The van der Waals surface area contributed by atoms with Gasteiger partial charge in [-0.1, -0.05) is 0 Å². The molecular formula is C13H21N3O3. The summed E-state index contributed by atoms with van der Waals surface area (Å²) < 4.78 is 5.35. The SMILES string of the molecule is CCOc1cc(NC(C)CN(C)C)cc([N+](=O)[O-])c1. The van der Waals surface area contributed by atoms with E-state index >= 15 is 0 Å². The third kappa shape index (κ3) is 5.13. The van der Waals surface area contributed by atoms with E-state index in [0.717, 1.165) is 6.54 Å². The van der Waals surface area contributed by atoms with Gasteiger partial charge >= 0.3 is 0 Å². The van der Waals surface area contributed by atoms with Crippen LogP contribution >= 0.6 is 0 Å². The normalized spacial score (nSPS) is 12.3. The van der Waals surface area contributed by atoms with Crippen LogP contribution in [0.3, 0.4) is 0 Å². The molecule has 0 saturated carbocycles. The first kappa shape index (κ1) is 15.2. The molecular weight excluding hydrogens is 246 g/mol. The highest BCUT2D eigenvalue weighted by molar-refractivity contribution is 5.56. The first-order valence-electron chi connectivity index (χ1n) is 6.26. The van der Waals surface area contributed by atoms with E-state index in [1.54, 1.807) is 6.07 Å². The summed E-state index contributed by atoms with van der Waals surface area (Å²) in [5.41, 5.74) is 0.734. The van der Waals surface area contributed by atoms with E-state index in [9.17, 15) is 10.1 Å². The zero-order valence-electron chi connectivity index (χ0n) is 11.8. The van der Waals surface area contributed by atoms with Gasteiger partial charge in [-0.25, -0.2) is 0 Å². The predicted octanol–water partition coefficient (Wildman–Crippen LogP) is 2.36. The van der Waals surface area contributed by atoms with Gasteiger partial charge in [-0.3, -0.25) is 10.1 Å². The number of benzene rings is 1. The Morgan fingerprint density at radius 1 is 1.42 bits per heavy atom. The highest BCUT2D eigenvalue weighted by atomic mass is 16.6. The minimum Gasteiger partial charge on any atom is -0.494 e. The van der Waals surface area contributed by atoms with Crippen molar-refractivity contribution in [2.45, 2.75) is 19.9 Å². The van der Waals surface area contributed by atoms with Crippen molar-refractivity contribution in [2.24, 2.45) is 0 Å². The maximum absolute atomic E-state index is 10.9. The second-order valence-corrected chi connectivity index (χ2v) is 4.71. The van der Waals surface area contributed by atoms with Gasteiger partial charge < -0.3 is 15.0 Å². The van der Waals surface area contributed by atoms with E-state index in [4.69, 9.17) is 4.74 Å². The molecule has 0 radical (unpaired) electrons. The van der Waals surface area contributed by atoms with Crippen LogP contribution in [0.1, 0.15) is 13.8 Å². The maximum atomic E-state index is 10.9. The zero-order chi connectivity index (χ0) is 14.4. The molecule has 0 aromatic heterocycles. The van der Waals surface area contributed by atoms with Crippen LogP contribution in [-0.4, -0.2) is 43.1 Å². The molecule has 1 aromatic rings. The van der Waals surface area contributed by atoms with Gasteiger partial charge in [-0.05, 0) is 27.9 Å². The summed E-state index contributed by atoms with van der Waals surface area (Å²) in [5.74, 6) is 0.510. The smallest absolute Gasteiger partial charge is 0.275 e. The Labute approximate surface area is 113 Å². The fourth-order valence-corrected chi connectivity index (χ4v) is 1.90.